The lowest BCUT2D eigenvalue weighted by molar-refractivity contribution is -0.149. The van der Waals surface area contributed by atoms with Crippen LogP contribution in [0.15, 0.2) is 0 Å². The highest BCUT2D eigenvalue weighted by Gasteiger charge is 2.40. The highest BCUT2D eigenvalue weighted by molar-refractivity contribution is 5.82. The first kappa shape index (κ1) is 14.8. The first-order valence-corrected chi connectivity index (χ1v) is 7.50. The van der Waals surface area contributed by atoms with Crippen LogP contribution in [0.4, 0.5) is 0 Å². The van der Waals surface area contributed by atoms with E-state index in [1.807, 2.05) is 18.7 Å². The zero-order valence-corrected chi connectivity index (χ0v) is 13.0. The minimum atomic E-state index is 0.0671. The van der Waals surface area contributed by atoms with E-state index in [4.69, 9.17) is 4.74 Å². The van der Waals surface area contributed by atoms with Crippen LogP contribution in [0, 0.1) is 0 Å². The summed E-state index contributed by atoms with van der Waals surface area (Å²) in [5.74, 6) is 0.300. The fourth-order valence-electron chi connectivity index (χ4n) is 3.39. The molecule has 0 aromatic carbocycles. The zero-order chi connectivity index (χ0) is 14.2. The van der Waals surface area contributed by atoms with Crippen LogP contribution in [0.3, 0.4) is 0 Å². The van der Waals surface area contributed by atoms with E-state index in [-0.39, 0.29) is 23.8 Å². The fraction of sp³-hybridized carbons (Fsp3) is 0.933. The molecule has 0 bridgehead atoms. The molecule has 0 aromatic rings. The van der Waals surface area contributed by atoms with Crippen molar-refractivity contribution in [3.05, 3.63) is 0 Å². The van der Waals surface area contributed by atoms with Crippen LogP contribution in [0.2, 0.25) is 0 Å². The molecule has 4 nitrogen and oxygen atoms in total. The molecule has 110 valence electrons. The van der Waals surface area contributed by atoms with Crippen LogP contribution in [-0.2, 0) is 9.53 Å². The predicted octanol–water partition coefficient (Wildman–Crippen LogP) is 1.89. The van der Waals surface area contributed by atoms with Crippen molar-refractivity contribution in [2.75, 3.05) is 19.6 Å². The second-order valence-electron chi connectivity index (χ2n) is 7.02. The largest absolute Gasteiger partial charge is 0.372 e. The van der Waals surface area contributed by atoms with E-state index in [1.165, 1.54) is 0 Å². The maximum atomic E-state index is 12.8. The molecule has 2 heterocycles. The van der Waals surface area contributed by atoms with Gasteiger partial charge in [0.15, 0.2) is 0 Å². The number of carbonyl (C=O) groups is 1. The van der Waals surface area contributed by atoms with E-state index >= 15 is 0 Å². The van der Waals surface area contributed by atoms with E-state index in [2.05, 4.69) is 25.7 Å². The van der Waals surface area contributed by atoms with E-state index in [9.17, 15) is 4.79 Å². The number of hydrogen-bond donors (Lipinski definition) is 0. The molecule has 4 heteroatoms. The monoisotopic (exact) mass is 268 g/mol. The summed E-state index contributed by atoms with van der Waals surface area (Å²) in [7, 11) is 0. The van der Waals surface area contributed by atoms with Crippen molar-refractivity contribution >= 4 is 5.91 Å². The van der Waals surface area contributed by atoms with Gasteiger partial charge in [0.1, 0.15) is 0 Å². The molecule has 2 saturated heterocycles. The summed E-state index contributed by atoms with van der Waals surface area (Å²) in [6.45, 7) is 13.2. The number of carbonyl (C=O) groups excluding carboxylic acids is 1. The number of amides is 1. The Morgan fingerprint density at radius 2 is 1.74 bits per heavy atom. The van der Waals surface area contributed by atoms with Crippen molar-refractivity contribution in [3.8, 4) is 0 Å². The molecule has 0 aromatic heterocycles. The normalized spacial score (nSPS) is 33.7. The molecule has 19 heavy (non-hydrogen) atoms. The van der Waals surface area contributed by atoms with Gasteiger partial charge in [-0.2, -0.15) is 0 Å². The van der Waals surface area contributed by atoms with Gasteiger partial charge in [-0.25, -0.2) is 0 Å². The first-order chi connectivity index (χ1) is 8.79. The Kier molecular flexibility index (Phi) is 4.21. The van der Waals surface area contributed by atoms with E-state index < -0.39 is 0 Å². The fourth-order valence-corrected chi connectivity index (χ4v) is 3.39. The van der Waals surface area contributed by atoms with Crippen molar-refractivity contribution < 1.29 is 9.53 Å². The SMILES string of the molecule is C[C@@H]1CN(C(=O)[C@@H]2CCCN2C(C)(C)C)C[C@H](C)O1. The predicted molar refractivity (Wildman–Crippen MR) is 76.1 cm³/mol. The summed E-state index contributed by atoms with van der Waals surface area (Å²) < 4.78 is 5.72. The first-order valence-electron chi connectivity index (χ1n) is 7.50. The van der Waals surface area contributed by atoms with Gasteiger partial charge in [0.2, 0.25) is 5.91 Å². The smallest absolute Gasteiger partial charge is 0.240 e. The standard InChI is InChI=1S/C15H28N2O2/c1-11-9-16(10-12(2)19-11)14(18)13-7-6-8-17(13)15(3,4)5/h11-13H,6-10H2,1-5H3/t11-,12+,13-/m0/s1. The van der Waals surface area contributed by atoms with Crippen LogP contribution in [0.1, 0.15) is 47.5 Å². The summed E-state index contributed by atoms with van der Waals surface area (Å²) in [5, 5.41) is 0. The molecule has 3 atom stereocenters. The molecule has 0 saturated carbocycles. The number of morpholine rings is 1. The molecule has 0 aliphatic carbocycles. The van der Waals surface area contributed by atoms with Gasteiger partial charge in [-0.3, -0.25) is 9.69 Å². The molecule has 2 aliphatic rings. The van der Waals surface area contributed by atoms with Gasteiger partial charge in [-0.15, -0.1) is 0 Å². The van der Waals surface area contributed by atoms with Gasteiger partial charge >= 0.3 is 0 Å². The maximum Gasteiger partial charge on any atom is 0.240 e. The molecule has 2 fully saturated rings. The second kappa shape index (κ2) is 5.41. The number of nitrogens with zero attached hydrogens (tertiary/aromatic N) is 2. The molecular weight excluding hydrogens is 240 g/mol. The lowest BCUT2D eigenvalue weighted by Gasteiger charge is -2.41. The number of ether oxygens (including phenoxy) is 1. The Bertz CT molecular complexity index is 328. The Morgan fingerprint density at radius 3 is 2.26 bits per heavy atom. The van der Waals surface area contributed by atoms with Crippen LogP contribution in [0.25, 0.3) is 0 Å². The van der Waals surface area contributed by atoms with Gasteiger partial charge in [-0.05, 0) is 54.0 Å². The third-order valence-electron chi connectivity index (χ3n) is 4.13. The van der Waals surface area contributed by atoms with Crippen molar-refractivity contribution in [1.82, 2.24) is 9.80 Å². The Labute approximate surface area is 117 Å². The highest BCUT2D eigenvalue weighted by atomic mass is 16.5. The van der Waals surface area contributed by atoms with E-state index in [0.29, 0.717) is 5.91 Å². The topological polar surface area (TPSA) is 32.8 Å². The molecule has 2 aliphatic heterocycles. The third kappa shape index (κ3) is 3.29. The van der Waals surface area contributed by atoms with Gasteiger partial charge in [0, 0.05) is 18.6 Å². The van der Waals surface area contributed by atoms with Crippen molar-refractivity contribution in [1.29, 1.82) is 0 Å². The number of likely N-dealkylation sites (tertiary alicyclic amines) is 1. The molecule has 0 N–H and O–H groups in total. The summed E-state index contributed by atoms with van der Waals surface area (Å²) in [6, 6.07) is 0.0671. The van der Waals surface area contributed by atoms with Gasteiger partial charge in [0.05, 0.1) is 18.2 Å². The maximum absolute atomic E-state index is 12.8. The lowest BCUT2D eigenvalue weighted by Crippen LogP contribution is -2.56. The summed E-state index contributed by atoms with van der Waals surface area (Å²) in [5.41, 5.74) is 0.0698. The summed E-state index contributed by atoms with van der Waals surface area (Å²) in [4.78, 5) is 17.1. The van der Waals surface area contributed by atoms with Gasteiger partial charge in [-0.1, -0.05) is 0 Å². The van der Waals surface area contributed by atoms with Gasteiger partial charge < -0.3 is 9.64 Å². The van der Waals surface area contributed by atoms with Crippen molar-refractivity contribution in [3.63, 3.8) is 0 Å². The molecule has 0 radical (unpaired) electrons. The lowest BCUT2D eigenvalue weighted by atomic mass is 10.0. The summed E-state index contributed by atoms with van der Waals surface area (Å²) >= 11 is 0. The average molecular weight is 268 g/mol. The second-order valence-corrected chi connectivity index (χ2v) is 7.02. The molecule has 1 amide bonds. The Balaban J connectivity index is 2.06. The number of hydrogen-bond acceptors (Lipinski definition) is 3. The van der Waals surface area contributed by atoms with Crippen LogP contribution in [0.5, 0.6) is 0 Å². The highest BCUT2D eigenvalue weighted by Crippen LogP contribution is 2.28. The average Bonchev–Trinajstić information content (AvgIpc) is 2.74. The minimum Gasteiger partial charge on any atom is -0.372 e. The van der Waals surface area contributed by atoms with Crippen LogP contribution >= 0.6 is 0 Å². The molecular formula is C15H28N2O2. The number of rotatable bonds is 1. The third-order valence-corrected chi connectivity index (χ3v) is 4.13. The molecule has 0 unspecified atom stereocenters. The molecule has 0 spiro atoms. The molecule has 2 rings (SSSR count). The Hall–Kier alpha value is -0.610. The Morgan fingerprint density at radius 1 is 1.16 bits per heavy atom. The summed E-state index contributed by atoms with van der Waals surface area (Å²) in [6.07, 6.45) is 2.42. The van der Waals surface area contributed by atoms with E-state index in [0.717, 1.165) is 32.5 Å². The van der Waals surface area contributed by atoms with E-state index in [1.54, 1.807) is 0 Å². The van der Waals surface area contributed by atoms with Crippen LogP contribution < -0.4 is 0 Å². The quantitative estimate of drug-likeness (QED) is 0.728. The van der Waals surface area contributed by atoms with Crippen molar-refractivity contribution in [2.24, 2.45) is 0 Å². The van der Waals surface area contributed by atoms with Crippen LogP contribution in [-0.4, -0.2) is 59.1 Å². The zero-order valence-electron chi connectivity index (χ0n) is 13.0. The van der Waals surface area contributed by atoms with Gasteiger partial charge in [0.25, 0.3) is 0 Å². The van der Waals surface area contributed by atoms with Crippen molar-refractivity contribution in [2.45, 2.75) is 71.2 Å². The minimum absolute atomic E-state index is 0.0671.